The molecule has 27 heavy (non-hydrogen) atoms. The van der Waals surface area contributed by atoms with Crippen LogP contribution in [0.1, 0.15) is 10.4 Å². The maximum absolute atomic E-state index is 13.0. The first kappa shape index (κ1) is 20.2. The molecule has 2 aromatic rings. The van der Waals surface area contributed by atoms with Crippen molar-refractivity contribution in [3.05, 3.63) is 16.8 Å². The zero-order valence-electron chi connectivity index (χ0n) is 14.1. The van der Waals surface area contributed by atoms with Gasteiger partial charge in [0.15, 0.2) is 10.2 Å². The quantitative estimate of drug-likeness (QED) is 0.637. The molecule has 13 nitrogen and oxygen atoms in total. The Morgan fingerprint density at radius 3 is 2.19 bits per heavy atom. The van der Waals surface area contributed by atoms with E-state index in [1.165, 1.54) is 20.3 Å². The van der Waals surface area contributed by atoms with E-state index < -0.39 is 43.7 Å². The van der Waals surface area contributed by atoms with E-state index in [1.54, 1.807) is 0 Å². The number of hydrogen-bond donors (Lipinski definition) is 2. The molecular formula is C12H13ClN6O7S. The van der Waals surface area contributed by atoms with Gasteiger partial charge in [-0.25, -0.2) is 9.59 Å². The number of ether oxygens (including phenoxy) is 2. The van der Waals surface area contributed by atoms with Crippen LogP contribution < -0.4 is 19.5 Å². The first-order chi connectivity index (χ1) is 12.5. The summed E-state index contributed by atoms with van der Waals surface area (Å²) in [5, 5.41) is 11.3. The molecule has 0 aliphatic heterocycles. The van der Waals surface area contributed by atoms with Crippen molar-refractivity contribution in [2.75, 3.05) is 18.5 Å². The number of urea groups is 1. The van der Waals surface area contributed by atoms with Crippen molar-refractivity contribution in [1.29, 1.82) is 0 Å². The van der Waals surface area contributed by atoms with Crippen LogP contribution >= 0.6 is 11.6 Å². The highest BCUT2D eigenvalue weighted by Gasteiger charge is 2.40. The van der Waals surface area contributed by atoms with Crippen molar-refractivity contribution in [1.82, 2.24) is 19.7 Å². The van der Waals surface area contributed by atoms with Gasteiger partial charge in [-0.3, -0.25) is 4.68 Å². The summed E-state index contributed by atoms with van der Waals surface area (Å²) in [5.41, 5.74) is 4.35. The third-order valence-corrected chi connectivity index (χ3v) is 5.16. The molecule has 0 radical (unpaired) electrons. The van der Waals surface area contributed by atoms with Gasteiger partial charge in [0, 0.05) is 7.05 Å². The van der Waals surface area contributed by atoms with E-state index in [4.69, 9.17) is 26.8 Å². The molecule has 0 saturated carbocycles. The van der Waals surface area contributed by atoms with Gasteiger partial charge in [0.1, 0.15) is 5.56 Å². The van der Waals surface area contributed by atoms with E-state index in [9.17, 15) is 23.1 Å². The fraction of sp³-hybridized carbons (Fsp3) is 0.250. The summed E-state index contributed by atoms with van der Waals surface area (Å²) in [7, 11) is -1.34. The maximum atomic E-state index is 13.0. The summed E-state index contributed by atoms with van der Waals surface area (Å²) in [4.78, 5) is 30.8. The summed E-state index contributed by atoms with van der Waals surface area (Å²) >= 11 is 5.69. The van der Waals surface area contributed by atoms with Crippen LogP contribution in [0.25, 0.3) is 0 Å². The molecule has 15 heteroatoms. The summed E-state index contributed by atoms with van der Waals surface area (Å²) in [6.45, 7) is 0. The third kappa shape index (κ3) is 3.56. The Kier molecular flexibility index (Phi) is 5.41. The Hall–Kier alpha value is -3.13. The highest BCUT2D eigenvalue weighted by atomic mass is 35.5. The molecule has 0 bridgehead atoms. The number of aryl methyl sites for hydroxylation is 1. The predicted octanol–water partition coefficient (Wildman–Crippen LogP) is -0.147. The Morgan fingerprint density at radius 1 is 1.26 bits per heavy atom. The summed E-state index contributed by atoms with van der Waals surface area (Å²) in [6.07, 6.45) is 0. The number of primary amides is 1. The number of carboxylic acids is 1. The Labute approximate surface area is 157 Å². The van der Waals surface area contributed by atoms with Crippen LogP contribution in [0.2, 0.25) is 5.15 Å². The van der Waals surface area contributed by atoms with E-state index in [2.05, 4.69) is 15.1 Å². The Bertz CT molecular complexity index is 999. The van der Waals surface area contributed by atoms with Crippen molar-refractivity contribution in [2.45, 2.75) is 5.03 Å². The van der Waals surface area contributed by atoms with Gasteiger partial charge in [-0.15, -0.1) is 4.31 Å². The number of nitrogens with two attached hydrogens (primary N) is 1. The van der Waals surface area contributed by atoms with Crippen LogP contribution in [0, 0.1) is 0 Å². The molecule has 2 aromatic heterocycles. The number of carbonyl (C=O) groups excluding carboxylic acids is 1. The van der Waals surface area contributed by atoms with E-state index in [1.807, 2.05) is 0 Å². The van der Waals surface area contributed by atoms with Gasteiger partial charge in [0.2, 0.25) is 11.8 Å². The maximum Gasteiger partial charge on any atom is 0.341 e. The zero-order chi connectivity index (χ0) is 20.5. The number of anilines is 1. The lowest BCUT2D eigenvalue weighted by Gasteiger charge is -2.19. The molecule has 0 aliphatic carbocycles. The molecule has 2 rings (SSSR count). The lowest BCUT2D eigenvalue weighted by atomic mass is 10.4. The average molecular weight is 421 g/mol. The molecule has 0 aromatic carbocycles. The second kappa shape index (κ2) is 7.24. The number of halogens is 1. The van der Waals surface area contributed by atoms with Gasteiger partial charge in [0.05, 0.1) is 20.3 Å². The topological polar surface area (TPSA) is 180 Å². The normalized spacial score (nSPS) is 11.1. The lowest BCUT2D eigenvalue weighted by molar-refractivity contribution is 0.0692. The van der Waals surface area contributed by atoms with Crippen molar-refractivity contribution >= 4 is 39.6 Å². The van der Waals surface area contributed by atoms with Gasteiger partial charge < -0.3 is 20.3 Å². The first-order valence-electron chi connectivity index (χ1n) is 6.82. The molecule has 0 spiro atoms. The van der Waals surface area contributed by atoms with E-state index >= 15 is 0 Å². The zero-order valence-corrected chi connectivity index (χ0v) is 15.6. The van der Waals surface area contributed by atoms with Crippen LogP contribution in [-0.4, -0.2) is 59.5 Å². The van der Waals surface area contributed by atoms with Gasteiger partial charge in [-0.1, -0.05) is 11.6 Å². The second-order valence-electron chi connectivity index (χ2n) is 4.76. The molecule has 2 heterocycles. The number of sulfonamides is 1. The molecular weight excluding hydrogens is 408 g/mol. The fourth-order valence-electron chi connectivity index (χ4n) is 2.06. The second-order valence-corrected chi connectivity index (χ2v) is 6.82. The summed E-state index contributed by atoms with van der Waals surface area (Å²) in [6, 6.07) is -0.294. The van der Waals surface area contributed by atoms with Crippen LogP contribution in [-0.2, 0) is 17.1 Å². The number of methoxy groups -OCH3 is 2. The lowest BCUT2D eigenvalue weighted by Crippen LogP contribution is -2.43. The number of aromatic nitrogens is 4. The number of carboxylic acid groups (broad SMARTS) is 1. The Balaban J connectivity index is 2.79. The summed E-state index contributed by atoms with van der Waals surface area (Å²) in [5.74, 6) is -2.69. The smallest absolute Gasteiger partial charge is 0.341 e. The molecule has 146 valence electrons. The van der Waals surface area contributed by atoms with E-state index in [0.717, 1.165) is 7.05 Å². The number of carbonyl (C=O) groups is 2. The molecule has 3 N–H and O–H groups in total. The molecule has 0 aliphatic rings. The molecule has 0 saturated heterocycles. The van der Waals surface area contributed by atoms with E-state index in [0.29, 0.717) is 4.68 Å². The number of amides is 2. The van der Waals surface area contributed by atoms with Crippen molar-refractivity contribution in [3.8, 4) is 11.8 Å². The van der Waals surface area contributed by atoms with Crippen molar-refractivity contribution in [3.63, 3.8) is 0 Å². The largest absolute Gasteiger partial charge is 0.481 e. The van der Waals surface area contributed by atoms with Gasteiger partial charge >= 0.3 is 12.0 Å². The minimum absolute atomic E-state index is 0.0160. The third-order valence-electron chi connectivity index (χ3n) is 3.12. The Morgan fingerprint density at radius 2 is 1.78 bits per heavy atom. The first-order valence-corrected chi connectivity index (χ1v) is 8.64. The van der Waals surface area contributed by atoms with Gasteiger partial charge in [-0.2, -0.15) is 23.5 Å². The van der Waals surface area contributed by atoms with E-state index in [-0.39, 0.29) is 16.1 Å². The number of hydrogen-bond acceptors (Lipinski definition) is 9. The van der Waals surface area contributed by atoms with Crippen LogP contribution in [0.4, 0.5) is 10.7 Å². The molecule has 0 unspecified atom stereocenters. The molecule has 0 atom stereocenters. The highest BCUT2D eigenvalue weighted by molar-refractivity contribution is 7.93. The highest BCUT2D eigenvalue weighted by Crippen LogP contribution is 2.29. The predicted molar refractivity (Wildman–Crippen MR) is 89.6 cm³/mol. The number of rotatable bonds is 6. The standard InChI is InChI=1S/C12H13ClN6O7S/c1-18-9(7(10(20)21)8(13)17-18)27(23,24)19(11(14)22)12-15-5(25-2)4-6(16-12)26-3/h4H,1-3H3,(H2,14,22)(H,20,21). The van der Waals surface area contributed by atoms with Gasteiger partial charge in [0.25, 0.3) is 16.0 Å². The average Bonchev–Trinajstić information content (AvgIpc) is 2.88. The number of nitrogens with zero attached hydrogens (tertiary/aromatic N) is 5. The SMILES string of the molecule is COc1cc(OC)nc(N(C(N)=O)S(=O)(=O)c2c(C(=O)O)c(Cl)nn2C)n1. The van der Waals surface area contributed by atoms with Gasteiger partial charge in [-0.05, 0) is 0 Å². The fourth-order valence-corrected chi connectivity index (χ4v) is 3.92. The minimum atomic E-state index is -4.93. The summed E-state index contributed by atoms with van der Waals surface area (Å²) < 4.78 is 36.5. The number of aromatic carboxylic acids is 1. The van der Waals surface area contributed by atoms with Crippen LogP contribution in [0.15, 0.2) is 11.1 Å². The molecule has 0 fully saturated rings. The van der Waals surface area contributed by atoms with Crippen LogP contribution in [0.5, 0.6) is 11.8 Å². The molecule has 2 amide bonds. The van der Waals surface area contributed by atoms with Crippen LogP contribution in [0.3, 0.4) is 0 Å². The minimum Gasteiger partial charge on any atom is -0.481 e. The van der Waals surface area contributed by atoms with Crippen molar-refractivity contribution < 1.29 is 32.6 Å². The monoisotopic (exact) mass is 420 g/mol. The van der Waals surface area contributed by atoms with Crippen molar-refractivity contribution in [2.24, 2.45) is 12.8 Å².